The van der Waals surface area contributed by atoms with Gasteiger partial charge in [-0.25, -0.2) is 8.78 Å². The van der Waals surface area contributed by atoms with Crippen LogP contribution in [0.4, 0.5) is 8.78 Å². The minimum atomic E-state index is -3.13. The number of aliphatic hydroxyl groups excluding tert-OH is 1. The first kappa shape index (κ1) is 24.7. The number of unbranched alkanes of at least 4 members (excludes halogenated alkanes) is 6. The van der Waals surface area contributed by atoms with Gasteiger partial charge in [-0.05, 0) is 32.6 Å². The number of rotatable bonds is 15. The molecule has 0 aromatic heterocycles. The highest BCUT2D eigenvalue weighted by Gasteiger charge is 2.36. The van der Waals surface area contributed by atoms with Crippen molar-refractivity contribution in [1.29, 1.82) is 0 Å². The predicted molar refractivity (Wildman–Crippen MR) is 107 cm³/mol. The van der Waals surface area contributed by atoms with Crippen LogP contribution in [0.1, 0.15) is 90.9 Å². The monoisotopic (exact) mass is 401 g/mol. The molecule has 1 heterocycles. The molecule has 0 aromatic carbocycles. The molecule has 0 bridgehead atoms. The molecule has 2 unspecified atom stereocenters. The van der Waals surface area contributed by atoms with Crippen LogP contribution in [0, 0.1) is 0 Å². The third-order valence-electron chi connectivity index (χ3n) is 5.36. The molecule has 1 fully saturated rings. The first-order valence-electron chi connectivity index (χ1n) is 10.8. The van der Waals surface area contributed by atoms with Gasteiger partial charge in [0, 0.05) is 25.8 Å². The van der Waals surface area contributed by atoms with Crippen LogP contribution in [0.2, 0.25) is 0 Å². The Morgan fingerprint density at radius 3 is 2.57 bits per heavy atom. The summed E-state index contributed by atoms with van der Waals surface area (Å²) in [6, 6.07) is -0.213. The second-order valence-electron chi connectivity index (χ2n) is 7.96. The fourth-order valence-corrected chi connectivity index (χ4v) is 3.57. The van der Waals surface area contributed by atoms with E-state index in [1.54, 1.807) is 17.9 Å². The summed E-state index contributed by atoms with van der Waals surface area (Å²) in [7, 11) is 0. The largest absolute Gasteiger partial charge is 0.383 e. The molecule has 0 aromatic rings. The Hall–Kier alpha value is -1.30. The lowest BCUT2D eigenvalue weighted by Crippen LogP contribution is -2.34. The topological polar surface area (TPSA) is 57.6 Å². The van der Waals surface area contributed by atoms with Gasteiger partial charge in [0.2, 0.25) is 5.91 Å². The van der Waals surface area contributed by atoms with E-state index in [4.69, 9.17) is 0 Å². The number of carbonyl (C=O) groups excluding carboxylic acids is 2. The first-order valence-corrected chi connectivity index (χ1v) is 10.8. The average molecular weight is 402 g/mol. The van der Waals surface area contributed by atoms with E-state index in [9.17, 15) is 23.5 Å². The molecule has 1 aliphatic rings. The van der Waals surface area contributed by atoms with E-state index >= 15 is 0 Å². The number of amides is 1. The molecule has 2 atom stereocenters. The van der Waals surface area contributed by atoms with Crippen LogP contribution in [-0.2, 0) is 9.59 Å². The molecule has 4 nitrogen and oxygen atoms in total. The average Bonchev–Trinajstić information content (AvgIpc) is 2.99. The van der Waals surface area contributed by atoms with Gasteiger partial charge in [-0.15, -0.1) is 0 Å². The van der Waals surface area contributed by atoms with Gasteiger partial charge in [-0.1, -0.05) is 51.2 Å². The number of likely N-dealkylation sites (tertiary alicyclic amines) is 1. The van der Waals surface area contributed by atoms with Gasteiger partial charge >= 0.3 is 0 Å². The third-order valence-corrected chi connectivity index (χ3v) is 5.36. The van der Waals surface area contributed by atoms with E-state index < -0.39 is 12.0 Å². The maximum absolute atomic E-state index is 14.1. The van der Waals surface area contributed by atoms with Gasteiger partial charge in [0.15, 0.2) is 0 Å². The second-order valence-corrected chi connectivity index (χ2v) is 7.96. The van der Waals surface area contributed by atoms with Crippen molar-refractivity contribution in [2.45, 2.75) is 109 Å². The number of alkyl halides is 2. The maximum Gasteiger partial charge on any atom is 0.276 e. The highest BCUT2D eigenvalue weighted by Crippen LogP contribution is 2.28. The van der Waals surface area contributed by atoms with Crippen molar-refractivity contribution in [1.82, 2.24) is 4.90 Å². The Morgan fingerprint density at radius 1 is 1.21 bits per heavy atom. The van der Waals surface area contributed by atoms with Crippen LogP contribution in [0.25, 0.3) is 0 Å². The zero-order chi connectivity index (χ0) is 21.0. The Morgan fingerprint density at radius 2 is 1.89 bits per heavy atom. The zero-order valence-electron chi connectivity index (χ0n) is 17.5. The molecule has 6 heteroatoms. The van der Waals surface area contributed by atoms with Crippen LogP contribution in [-0.4, -0.2) is 46.3 Å². The van der Waals surface area contributed by atoms with Crippen molar-refractivity contribution < 1.29 is 23.5 Å². The van der Waals surface area contributed by atoms with Crippen LogP contribution in [0.3, 0.4) is 0 Å². The Balaban J connectivity index is 2.42. The van der Waals surface area contributed by atoms with Crippen molar-refractivity contribution in [2.24, 2.45) is 0 Å². The summed E-state index contributed by atoms with van der Waals surface area (Å²) in [6.07, 6.45) is 8.90. The summed E-state index contributed by atoms with van der Waals surface area (Å²) in [5.74, 6) is -2.89. The number of aliphatic hydroxyl groups is 1. The minimum Gasteiger partial charge on any atom is -0.383 e. The summed E-state index contributed by atoms with van der Waals surface area (Å²) in [6.45, 7) is 4.21. The highest BCUT2D eigenvalue weighted by molar-refractivity contribution is 5.79. The highest BCUT2D eigenvalue weighted by atomic mass is 19.3. The Labute approximate surface area is 168 Å². The van der Waals surface area contributed by atoms with Crippen molar-refractivity contribution in [3.8, 4) is 0 Å². The van der Waals surface area contributed by atoms with Gasteiger partial charge in [0.25, 0.3) is 5.92 Å². The smallest absolute Gasteiger partial charge is 0.276 e. The summed E-state index contributed by atoms with van der Waals surface area (Å²) >= 11 is 0. The van der Waals surface area contributed by atoms with Gasteiger partial charge in [-0.2, -0.15) is 0 Å². The van der Waals surface area contributed by atoms with E-state index in [2.05, 4.69) is 0 Å². The van der Waals surface area contributed by atoms with Crippen LogP contribution >= 0.6 is 0 Å². The summed E-state index contributed by atoms with van der Waals surface area (Å²) in [4.78, 5) is 24.7. The molecule has 1 rings (SSSR count). The number of halogens is 2. The number of ketones is 1. The van der Waals surface area contributed by atoms with E-state index in [0.717, 1.165) is 44.9 Å². The lowest BCUT2D eigenvalue weighted by Gasteiger charge is -2.24. The molecule has 0 saturated carbocycles. The fourth-order valence-electron chi connectivity index (χ4n) is 3.57. The predicted octanol–water partition coefficient (Wildman–Crippen LogP) is 5.04. The van der Waals surface area contributed by atoms with Gasteiger partial charge in [0.1, 0.15) is 11.9 Å². The second kappa shape index (κ2) is 13.0. The van der Waals surface area contributed by atoms with Crippen molar-refractivity contribution in [2.75, 3.05) is 6.54 Å². The lowest BCUT2D eigenvalue weighted by molar-refractivity contribution is -0.128. The molecular weight excluding hydrogens is 364 g/mol. The molecule has 0 radical (unpaired) electrons. The molecule has 162 valence electrons. The number of hydrogen-bond donors (Lipinski definition) is 1. The number of hydrogen-bond acceptors (Lipinski definition) is 3. The molecule has 0 aliphatic carbocycles. The van der Waals surface area contributed by atoms with E-state index in [1.165, 1.54) is 6.08 Å². The van der Waals surface area contributed by atoms with Crippen LogP contribution in [0.15, 0.2) is 12.2 Å². The summed E-state index contributed by atoms with van der Waals surface area (Å²) in [5, 5.41) is 9.90. The lowest BCUT2D eigenvalue weighted by atomic mass is 10.0. The quantitative estimate of drug-likeness (QED) is 0.309. The van der Waals surface area contributed by atoms with Crippen LogP contribution < -0.4 is 0 Å². The molecule has 0 spiro atoms. The molecule has 1 N–H and O–H groups in total. The van der Waals surface area contributed by atoms with E-state index in [1.807, 2.05) is 6.92 Å². The first-order chi connectivity index (χ1) is 13.3. The van der Waals surface area contributed by atoms with E-state index in [0.29, 0.717) is 32.2 Å². The standard InChI is InChI=1S/C22H37F2NO3/c1-3-4-5-9-16-22(23,24)20(27)14-12-19-13-15-21(28)25(19)17-10-7-6-8-11-18(2)26/h12,14,19-20,27H,3-11,13,15-17H2,1-2H3/b14-12+. The Kier molecular flexibility index (Phi) is 11.5. The SMILES string of the molecule is CCCCCCC(F)(F)C(O)/C=C/C1CCC(=O)N1CCCCCCC(C)=O. The summed E-state index contributed by atoms with van der Waals surface area (Å²) in [5.41, 5.74) is 0. The maximum atomic E-state index is 14.1. The van der Waals surface area contributed by atoms with Crippen molar-refractivity contribution in [3.63, 3.8) is 0 Å². The van der Waals surface area contributed by atoms with E-state index in [-0.39, 0.29) is 24.2 Å². The van der Waals surface area contributed by atoms with Gasteiger partial charge in [0.05, 0.1) is 6.04 Å². The molecular formula is C22H37F2NO3. The third kappa shape index (κ3) is 9.26. The van der Waals surface area contributed by atoms with Gasteiger partial charge in [-0.3, -0.25) is 4.79 Å². The normalized spacial score (nSPS) is 19.0. The van der Waals surface area contributed by atoms with Crippen LogP contribution in [0.5, 0.6) is 0 Å². The van der Waals surface area contributed by atoms with Gasteiger partial charge < -0.3 is 14.8 Å². The van der Waals surface area contributed by atoms with Crippen molar-refractivity contribution in [3.05, 3.63) is 12.2 Å². The number of Topliss-reactive ketones (excluding diaryl/α,β-unsaturated/α-hetero) is 1. The molecule has 1 saturated heterocycles. The minimum absolute atomic E-state index is 0.0409. The van der Waals surface area contributed by atoms with Crippen molar-refractivity contribution >= 4 is 11.7 Å². The number of carbonyl (C=O) groups is 2. The summed E-state index contributed by atoms with van der Waals surface area (Å²) < 4.78 is 28.1. The molecule has 1 amide bonds. The number of nitrogens with zero attached hydrogens (tertiary/aromatic N) is 1. The fraction of sp³-hybridized carbons (Fsp3) is 0.818. The molecule has 28 heavy (non-hydrogen) atoms. The zero-order valence-corrected chi connectivity index (χ0v) is 17.5. The molecule has 1 aliphatic heterocycles. The Bertz CT molecular complexity index is 508.